The molecule has 1 aromatic rings. The molecule has 106 valence electrons. The summed E-state index contributed by atoms with van der Waals surface area (Å²) < 4.78 is 0. The van der Waals surface area contributed by atoms with E-state index in [2.05, 4.69) is 33.0 Å². The van der Waals surface area contributed by atoms with Gasteiger partial charge in [-0.3, -0.25) is 0 Å². The van der Waals surface area contributed by atoms with Gasteiger partial charge in [0.25, 0.3) is 0 Å². The summed E-state index contributed by atoms with van der Waals surface area (Å²) in [5.74, 6) is 0.664. The average molecular weight is 300 g/mol. The van der Waals surface area contributed by atoms with E-state index in [0.29, 0.717) is 27.8 Å². The zero-order valence-electron chi connectivity index (χ0n) is 12.3. The van der Waals surface area contributed by atoms with E-state index in [1.807, 2.05) is 25.2 Å². The van der Waals surface area contributed by atoms with E-state index in [4.69, 9.17) is 23.2 Å². The van der Waals surface area contributed by atoms with Crippen LogP contribution < -0.4 is 5.32 Å². The zero-order chi connectivity index (χ0) is 14.4. The van der Waals surface area contributed by atoms with Crippen molar-refractivity contribution in [1.29, 1.82) is 0 Å². The van der Waals surface area contributed by atoms with Crippen LogP contribution in [0, 0.1) is 16.7 Å². The summed E-state index contributed by atoms with van der Waals surface area (Å²) in [5, 5.41) is 4.94. The third-order valence-corrected chi connectivity index (χ3v) is 5.95. The molecular formula is C16H23Cl2N. The number of likely N-dealkylation sites (N-methyl/N-ethyl adjacent to an activating group) is 1. The van der Waals surface area contributed by atoms with Crippen molar-refractivity contribution in [2.45, 2.75) is 40.2 Å². The van der Waals surface area contributed by atoms with E-state index in [-0.39, 0.29) is 0 Å². The molecule has 1 saturated carbocycles. The number of hydrogen-bond acceptors (Lipinski definition) is 1. The second-order valence-corrected chi connectivity index (χ2v) is 7.60. The van der Waals surface area contributed by atoms with Crippen molar-refractivity contribution in [3.05, 3.63) is 33.8 Å². The second-order valence-electron chi connectivity index (χ2n) is 6.76. The first-order chi connectivity index (χ1) is 8.71. The minimum Gasteiger partial charge on any atom is -0.316 e. The molecule has 1 unspecified atom stereocenters. The highest BCUT2D eigenvalue weighted by molar-refractivity contribution is 6.35. The van der Waals surface area contributed by atoms with Crippen LogP contribution in [0.4, 0.5) is 0 Å². The van der Waals surface area contributed by atoms with Gasteiger partial charge in [-0.1, -0.05) is 57.0 Å². The number of hydrogen-bond donors (Lipinski definition) is 1. The van der Waals surface area contributed by atoms with Gasteiger partial charge >= 0.3 is 0 Å². The van der Waals surface area contributed by atoms with Crippen molar-refractivity contribution < 1.29 is 0 Å². The highest BCUT2D eigenvalue weighted by atomic mass is 35.5. The summed E-state index contributed by atoms with van der Waals surface area (Å²) >= 11 is 12.2. The maximum Gasteiger partial charge on any atom is 0.0453 e. The Morgan fingerprint density at radius 1 is 1.16 bits per heavy atom. The molecule has 0 heterocycles. The Labute approximate surface area is 126 Å². The van der Waals surface area contributed by atoms with Crippen LogP contribution in [0.25, 0.3) is 0 Å². The molecule has 0 aliphatic heterocycles. The molecule has 0 spiro atoms. The molecule has 0 amide bonds. The van der Waals surface area contributed by atoms with Gasteiger partial charge in [-0.15, -0.1) is 0 Å². The molecule has 19 heavy (non-hydrogen) atoms. The van der Waals surface area contributed by atoms with Gasteiger partial charge in [-0.05, 0) is 47.9 Å². The largest absolute Gasteiger partial charge is 0.316 e. The Morgan fingerprint density at radius 3 is 2.16 bits per heavy atom. The van der Waals surface area contributed by atoms with Gasteiger partial charge in [0, 0.05) is 16.1 Å². The highest BCUT2D eigenvalue weighted by Crippen LogP contribution is 2.69. The van der Waals surface area contributed by atoms with Crippen LogP contribution in [0.1, 0.15) is 33.3 Å². The Morgan fingerprint density at radius 2 is 1.74 bits per heavy atom. The SMILES string of the molecule is CNC(Cc1ccc(Cl)cc1Cl)C1C(C)(C)C1(C)C. The molecule has 1 aliphatic rings. The second kappa shape index (κ2) is 4.95. The molecule has 1 N–H and O–H groups in total. The standard InChI is InChI=1S/C16H23Cl2N/c1-15(2)14(16(15,3)4)13(19-5)8-10-6-7-11(17)9-12(10)18/h6-7,9,13-14,19H,8H2,1-5H3. The molecule has 1 aliphatic carbocycles. The van der Waals surface area contributed by atoms with E-state index >= 15 is 0 Å². The minimum absolute atomic E-state index is 0.375. The van der Waals surface area contributed by atoms with E-state index in [9.17, 15) is 0 Å². The molecule has 0 aromatic heterocycles. The molecule has 1 aromatic carbocycles. The van der Waals surface area contributed by atoms with Crippen LogP contribution >= 0.6 is 23.2 Å². The Bertz CT molecular complexity index is 466. The van der Waals surface area contributed by atoms with Crippen LogP contribution in [-0.2, 0) is 6.42 Å². The van der Waals surface area contributed by atoms with Crippen LogP contribution in [0.5, 0.6) is 0 Å². The first-order valence-corrected chi connectivity index (χ1v) is 7.58. The van der Waals surface area contributed by atoms with Gasteiger partial charge in [0.1, 0.15) is 0 Å². The summed E-state index contributed by atoms with van der Waals surface area (Å²) in [6, 6.07) is 6.23. The average Bonchev–Trinajstić information content (AvgIpc) is 2.70. The third kappa shape index (κ3) is 2.53. The lowest BCUT2D eigenvalue weighted by Gasteiger charge is -2.19. The van der Waals surface area contributed by atoms with Crippen molar-refractivity contribution >= 4 is 23.2 Å². The van der Waals surface area contributed by atoms with Gasteiger partial charge in [-0.25, -0.2) is 0 Å². The fourth-order valence-corrected chi connectivity index (χ4v) is 4.05. The first kappa shape index (κ1) is 15.2. The summed E-state index contributed by atoms with van der Waals surface area (Å²) in [6.07, 6.45) is 0.948. The third-order valence-electron chi connectivity index (χ3n) is 5.36. The lowest BCUT2D eigenvalue weighted by molar-refractivity contribution is 0.421. The van der Waals surface area contributed by atoms with Gasteiger partial charge < -0.3 is 5.32 Å². The van der Waals surface area contributed by atoms with E-state index in [1.54, 1.807) is 0 Å². The lowest BCUT2D eigenvalue weighted by atomic mass is 9.97. The smallest absolute Gasteiger partial charge is 0.0453 e. The van der Waals surface area contributed by atoms with Crippen molar-refractivity contribution in [2.75, 3.05) is 7.05 Å². The molecule has 1 fully saturated rings. The van der Waals surface area contributed by atoms with E-state index in [0.717, 1.165) is 11.4 Å². The number of rotatable bonds is 4. The Balaban J connectivity index is 2.17. The molecule has 2 rings (SSSR count). The van der Waals surface area contributed by atoms with Crippen LogP contribution in [0.2, 0.25) is 10.0 Å². The molecule has 0 radical (unpaired) electrons. The fraction of sp³-hybridized carbons (Fsp3) is 0.625. The summed E-state index contributed by atoms with van der Waals surface area (Å²) in [6.45, 7) is 9.41. The summed E-state index contributed by atoms with van der Waals surface area (Å²) in [7, 11) is 2.04. The molecule has 0 bridgehead atoms. The predicted octanol–water partition coefficient (Wildman–Crippen LogP) is 4.81. The quantitative estimate of drug-likeness (QED) is 0.841. The minimum atomic E-state index is 0.375. The maximum absolute atomic E-state index is 6.29. The first-order valence-electron chi connectivity index (χ1n) is 6.83. The van der Waals surface area contributed by atoms with Crippen LogP contribution in [0.15, 0.2) is 18.2 Å². The maximum atomic E-state index is 6.29. The Hall–Kier alpha value is -0.240. The van der Waals surface area contributed by atoms with Crippen molar-refractivity contribution in [1.82, 2.24) is 5.32 Å². The zero-order valence-corrected chi connectivity index (χ0v) is 13.9. The molecule has 1 atom stereocenters. The molecule has 0 saturated heterocycles. The Kier molecular flexibility index (Phi) is 3.94. The fourth-order valence-electron chi connectivity index (χ4n) is 3.56. The van der Waals surface area contributed by atoms with Crippen LogP contribution in [-0.4, -0.2) is 13.1 Å². The monoisotopic (exact) mass is 299 g/mol. The van der Waals surface area contributed by atoms with Gasteiger partial charge in [0.2, 0.25) is 0 Å². The van der Waals surface area contributed by atoms with Crippen LogP contribution in [0.3, 0.4) is 0 Å². The predicted molar refractivity (Wildman–Crippen MR) is 84.1 cm³/mol. The molecule has 1 nitrogen and oxygen atoms in total. The highest BCUT2D eigenvalue weighted by Gasteiger charge is 2.66. The normalized spacial score (nSPS) is 22.3. The van der Waals surface area contributed by atoms with Gasteiger partial charge in [0.05, 0.1) is 0 Å². The molecular weight excluding hydrogens is 277 g/mol. The van der Waals surface area contributed by atoms with Crippen molar-refractivity contribution in [3.8, 4) is 0 Å². The summed E-state index contributed by atoms with van der Waals surface area (Å²) in [4.78, 5) is 0. The van der Waals surface area contributed by atoms with E-state index < -0.39 is 0 Å². The van der Waals surface area contributed by atoms with E-state index in [1.165, 1.54) is 5.56 Å². The topological polar surface area (TPSA) is 12.0 Å². The van der Waals surface area contributed by atoms with Gasteiger partial charge in [0.15, 0.2) is 0 Å². The van der Waals surface area contributed by atoms with Crippen molar-refractivity contribution in [2.24, 2.45) is 16.7 Å². The number of halogens is 2. The molecule has 3 heteroatoms. The number of benzene rings is 1. The summed E-state index contributed by atoms with van der Waals surface area (Å²) in [5.41, 5.74) is 1.92. The number of nitrogens with one attached hydrogen (secondary N) is 1. The lowest BCUT2D eigenvalue weighted by Crippen LogP contribution is -2.32. The van der Waals surface area contributed by atoms with Crippen molar-refractivity contribution in [3.63, 3.8) is 0 Å². The van der Waals surface area contributed by atoms with Gasteiger partial charge in [-0.2, -0.15) is 0 Å².